The molecule has 1 aliphatic rings. The number of aliphatic hydroxyl groups excluding tert-OH is 1. The van der Waals surface area contributed by atoms with Gasteiger partial charge in [0.15, 0.2) is 0 Å². The van der Waals surface area contributed by atoms with Crippen molar-refractivity contribution in [1.29, 1.82) is 0 Å². The van der Waals surface area contributed by atoms with Crippen LogP contribution in [0.25, 0.3) is 0 Å². The number of likely N-dealkylation sites (tertiary alicyclic amines) is 1. The van der Waals surface area contributed by atoms with E-state index in [0.717, 1.165) is 11.3 Å². The lowest BCUT2D eigenvalue weighted by Crippen LogP contribution is -2.50. The summed E-state index contributed by atoms with van der Waals surface area (Å²) in [4.78, 5) is 36.8. The number of nitrogens with zero attached hydrogens (tertiary/aromatic N) is 2. The van der Waals surface area contributed by atoms with E-state index in [1.54, 1.807) is 0 Å². The standard InChI is InChI=1S/C12H21N3O5/c1-2-3-4-14(7-10(13)17)12(20)15-6-8(16)5-9(15)11(18)19/h8-9,16H,2-7H2,1H3,(H2,13,17)(H,18,19)/t8-,9+/m1/s1. The van der Waals surface area contributed by atoms with Gasteiger partial charge in [-0.2, -0.15) is 0 Å². The largest absolute Gasteiger partial charge is 0.480 e. The third-order valence-electron chi connectivity index (χ3n) is 3.21. The van der Waals surface area contributed by atoms with E-state index in [2.05, 4.69) is 0 Å². The highest BCUT2D eigenvalue weighted by molar-refractivity contribution is 5.86. The van der Waals surface area contributed by atoms with Crippen LogP contribution < -0.4 is 5.73 Å². The van der Waals surface area contributed by atoms with Crippen LogP contribution in [0, 0.1) is 0 Å². The summed E-state index contributed by atoms with van der Waals surface area (Å²) >= 11 is 0. The predicted molar refractivity (Wildman–Crippen MR) is 69.8 cm³/mol. The van der Waals surface area contributed by atoms with Crippen molar-refractivity contribution in [2.45, 2.75) is 38.3 Å². The van der Waals surface area contributed by atoms with Crippen LogP contribution in [-0.2, 0) is 9.59 Å². The monoisotopic (exact) mass is 287 g/mol. The minimum Gasteiger partial charge on any atom is -0.480 e. The van der Waals surface area contributed by atoms with Crippen molar-refractivity contribution >= 4 is 17.9 Å². The Hall–Kier alpha value is -1.83. The smallest absolute Gasteiger partial charge is 0.326 e. The molecule has 1 fully saturated rings. The molecule has 8 nitrogen and oxygen atoms in total. The number of amides is 3. The number of hydrogen-bond donors (Lipinski definition) is 3. The van der Waals surface area contributed by atoms with Gasteiger partial charge in [-0.05, 0) is 6.42 Å². The van der Waals surface area contributed by atoms with Crippen LogP contribution in [0.1, 0.15) is 26.2 Å². The minimum absolute atomic E-state index is 0.000732. The molecule has 1 saturated heterocycles. The Kier molecular flexibility index (Phi) is 5.75. The molecule has 0 aromatic heterocycles. The Morgan fingerprint density at radius 3 is 2.55 bits per heavy atom. The van der Waals surface area contributed by atoms with Gasteiger partial charge in [-0.25, -0.2) is 9.59 Å². The lowest BCUT2D eigenvalue weighted by atomic mass is 10.2. The van der Waals surface area contributed by atoms with E-state index in [1.807, 2.05) is 6.92 Å². The summed E-state index contributed by atoms with van der Waals surface area (Å²) in [5.74, 6) is -1.81. The van der Waals surface area contributed by atoms with Crippen molar-refractivity contribution in [1.82, 2.24) is 9.80 Å². The highest BCUT2D eigenvalue weighted by Gasteiger charge is 2.40. The van der Waals surface area contributed by atoms with E-state index in [1.165, 1.54) is 4.90 Å². The van der Waals surface area contributed by atoms with Crippen LogP contribution in [0.5, 0.6) is 0 Å². The minimum atomic E-state index is -1.16. The third kappa shape index (κ3) is 4.09. The molecular weight excluding hydrogens is 266 g/mol. The van der Waals surface area contributed by atoms with Crippen LogP contribution in [0.3, 0.4) is 0 Å². The van der Waals surface area contributed by atoms with Gasteiger partial charge < -0.3 is 25.7 Å². The second kappa shape index (κ2) is 7.09. The molecule has 20 heavy (non-hydrogen) atoms. The van der Waals surface area contributed by atoms with Crippen molar-refractivity contribution in [2.75, 3.05) is 19.6 Å². The van der Waals surface area contributed by atoms with E-state index in [-0.39, 0.29) is 19.5 Å². The van der Waals surface area contributed by atoms with Crippen LogP contribution in [0.2, 0.25) is 0 Å². The maximum Gasteiger partial charge on any atom is 0.326 e. The van der Waals surface area contributed by atoms with Gasteiger partial charge in [-0.15, -0.1) is 0 Å². The quantitative estimate of drug-likeness (QED) is 0.590. The number of primary amides is 1. The lowest BCUT2D eigenvalue weighted by molar-refractivity contribution is -0.141. The number of carboxylic acids is 1. The molecule has 114 valence electrons. The molecule has 0 aliphatic carbocycles. The SMILES string of the molecule is CCCCN(CC(N)=O)C(=O)N1C[C@H](O)C[C@H]1C(=O)O. The highest BCUT2D eigenvalue weighted by atomic mass is 16.4. The topological polar surface area (TPSA) is 124 Å². The number of β-amino-alcohol motifs (C(OH)–C–C–N with tert-alkyl or cyclic N) is 1. The first-order valence-corrected chi connectivity index (χ1v) is 6.61. The van der Waals surface area contributed by atoms with E-state index >= 15 is 0 Å². The van der Waals surface area contributed by atoms with Gasteiger partial charge in [0.25, 0.3) is 0 Å². The summed E-state index contributed by atoms with van der Waals surface area (Å²) in [5.41, 5.74) is 5.11. The number of aliphatic hydroxyl groups is 1. The molecule has 8 heteroatoms. The van der Waals surface area contributed by atoms with E-state index in [4.69, 9.17) is 10.8 Å². The van der Waals surface area contributed by atoms with Crippen LogP contribution in [-0.4, -0.2) is 69.7 Å². The molecule has 3 amide bonds. The molecule has 0 unspecified atom stereocenters. The zero-order valence-corrected chi connectivity index (χ0v) is 11.5. The zero-order valence-electron chi connectivity index (χ0n) is 11.5. The summed E-state index contributed by atoms with van der Waals surface area (Å²) in [6.07, 6.45) is 0.654. The fraction of sp³-hybridized carbons (Fsp3) is 0.750. The number of aliphatic carboxylic acids is 1. The Morgan fingerprint density at radius 1 is 1.40 bits per heavy atom. The first-order valence-electron chi connectivity index (χ1n) is 6.61. The predicted octanol–water partition coefficient (Wildman–Crippen LogP) is -0.786. The first-order chi connectivity index (χ1) is 9.36. The second-order valence-corrected chi connectivity index (χ2v) is 4.92. The number of carbonyl (C=O) groups is 3. The zero-order chi connectivity index (χ0) is 15.3. The summed E-state index contributed by atoms with van der Waals surface area (Å²) in [5, 5.41) is 18.6. The summed E-state index contributed by atoms with van der Waals surface area (Å²) in [6.45, 7) is 1.97. The van der Waals surface area contributed by atoms with Gasteiger partial charge >= 0.3 is 12.0 Å². The fourth-order valence-corrected chi connectivity index (χ4v) is 2.22. The van der Waals surface area contributed by atoms with Crippen LogP contribution in [0.15, 0.2) is 0 Å². The summed E-state index contributed by atoms with van der Waals surface area (Å²) < 4.78 is 0. The van der Waals surface area contributed by atoms with Gasteiger partial charge in [-0.3, -0.25) is 4.79 Å². The average molecular weight is 287 g/mol. The Labute approximate surface area is 117 Å². The van der Waals surface area contributed by atoms with E-state index in [0.29, 0.717) is 13.0 Å². The normalized spacial score (nSPS) is 21.8. The first kappa shape index (κ1) is 16.2. The molecule has 1 aliphatic heterocycles. The van der Waals surface area contributed by atoms with Crippen LogP contribution in [0.4, 0.5) is 4.79 Å². The van der Waals surface area contributed by atoms with Crippen molar-refractivity contribution in [2.24, 2.45) is 5.73 Å². The molecule has 0 saturated carbocycles. The van der Waals surface area contributed by atoms with Crippen molar-refractivity contribution in [3.63, 3.8) is 0 Å². The maximum absolute atomic E-state index is 12.3. The molecule has 1 rings (SSSR count). The number of carboxylic acid groups (broad SMARTS) is 1. The molecule has 2 atom stereocenters. The molecule has 0 spiro atoms. The van der Waals surface area contributed by atoms with Crippen molar-refractivity contribution < 1.29 is 24.6 Å². The van der Waals surface area contributed by atoms with Crippen molar-refractivity contribution in [3.8, 4) is 0 Å². The fourth-order valence-electron chi connectivity index (χ4n) is 2.22. The van der Waals surface area contributed by atoms with Gasteiger partial charge in [0.05, 0.1) is 6.10 Å². The molecule has 0 radical (unpaired) electrons. The number of nitrogens with two attached hydrogens (primary N) is 1. The molecule has 4 N–H and O–H groups in total. The Morgan fingerprint density at radius 2 is 2.05 bits per heavy atom. The molecule has 1 heterocycles. The van der Waals surface area contributed by atoms with E-state index < -0.39 is 30.1 Å². The molecule has 0 bridgehead atoms. The Balaban J connectivity index is 2.81. The molecule has 0 aromatic carbocycles. The Bertz CT molecular complexity index is 387. The van der Waals surface area contributed by atoms with Gasteiger partial charge in [0.2, 0.25) is 5.91 Å². The van der Waals surface area contributed by atoms with Crippen molar-refractivity contribution in [3.05, 3.63) is 0 Å². The number of rotatable bonds is 6. The maximum atomic E-state index is 12.3. The van der Waals surface area contributed by atoms with Gasteiger partial charge in [-0.1, -0.05) is 13.3 Å². The van der Waals surface area contributed by atoms with E-state index in [9.17, 15) is 19.5 Å². The lowest BCUT2D eigenvalue weighted by Gasteiger charge is -2.29. The molecule has 0 aromatic rings. The van der Waals surface area contributed by atoms with Gasteiger partial charge in [0, 0.05) is 19.5 Å². The average Bonchev–Trinajstić information content (AvgIpc) is 2.75. The van der Waals surface area contributed by atoms with Gasteiger partial charge in [0.1, 0.15) is 12.6 Å². The number of urea groups is 1. The summed E-state index contributed by atoms with van der Waals surface area (Å²) in [7, 11) is 0. The number of unbranched alkanes of at least 4 members (excludes halogenated alkanes) is 1. The highest BCUT2D eigenvalue weighted by Crippen LogP contribution is 2.20. The second-order valence-electron chi connectivity index (χ2n) is 4.92. The van der Waals surface area contributed by atoms with Crippen LogP contribution >= 0.6 is 0 Å². The molecular formula is C12H21N3O5. The number of carbonyl (C=O) groups excluding carboxylic acids is 2. The summed E-state index contributed by atoms with van der Waals surface area (Å²) in [6, 6.07) is -1.63. The third-order valence-corrected chi connectivity index (χ3v) is 3.21. The number of hydrogen-bond acceptors (Lipinski definition) is 4.